The molecule has 0 aliphatic rings. The van der Waals surface area contributed by atoms with Crippen LogP contribution in [0.3, 0.4) is 0 Å². The zero-order valence-electron chi connectivity index (χ0n) is 13.1. The lowest BCUT2D eigenvalue weighted by Gasteiger charge is -2.28. The third-order valence-electron chi connectivity index (χ3n) is 3.25. The molecule has 120 valence electrons. The first-order valence-electron chi connectivity index (χ1n) is 7.19. The summed E-state index contributed by atoms with van der Waals surface area (Å²) in [7, 11) is 0. The van der Waals surface area contributed by atoms with Gasteiger partial charge >= 0.3 is 6.36 Å². The highest BCUT2D eigenvalue weighted by Crippen LogP contribution is 2.29. The number of nitrogens with one attached hydrogen (secondary N) is 1. The van der Waals surface area contributed by atoms with E-state index in [0.29, 0.717) is 6.04 Å². The summed E-state index contributed by atoms with van der Waals surface area (Å²) in [4.78, 5) is 0. The smallest absolute Gasteiger partial charge is 0.406 e. The van der Waals surface area contributed by atoms with Gasteiger partial charge in [0.1, 0.15) is 5.75 Å². The molecule has 0 spiro atoms. The number of rotatable bonds is 7. The van der Waals surface area contributed by atoms with Gasteiger partial charge in [0.2, 0.25) is 0 Å². The summed E-state index contributed by atoms with van der Waals surface area (Å²) in [5, 5.41) is 3.38. The number of hydrogen-bond donors (Lipinski definition) is 1. The first-order valence-corrected chi connectivity index (χ1v) is 7.19. The van der Waals surface area contributed by atoms with E-state index >= 15 is 0 Å². The molecular weight excluding hydrogens is 279 g/mol. The lowest BCUT2D eigenvalue weighted by Crippen LogP contribution is -2.32. The predicted octanol–water partition coefficient (Wildman–Crippen LogP) is 4.54. The van der Waals surface area contributed by atoms with Crippen LogP contribution in [0.15, 0.2) is 24.3 Å². The van der Waals surface area contributed by atoms with Gasteiger partial charge in [0.15, 0.2) is 0 Å². The summed E-state index contributed by atoms with van der Waals surface area (Å²) in [5.74, 6) is -0.176. The van der Waals surface area contributed by atoms with Gasteiger partial charge in [-0.25, -0.2) is 0 Å². The van der Waals surface area contributed by atoms with Crippen molar-refractivity contribution < 1.29 is 17.9 Å². The molecule has 0 saturated carbocycles. The van der Waals surface area contributed by atoms with Crippen molar-refractivity contribution in [2.45, 2.75) is 52.9 Å². The summed E-state index contributed by atoms with van der Waals surface area (Å²) in [5.41, 5.74) is 1.09. The molecule has 1 unspecified atom stereocenters. The average Bonchev–Trinajstić information content (AvgIpc) is 2.29. The molecular formula is C16H24F3NO. The Kier molecular flexibility index (Phi) is 6.08. The fourth-order valence-corrected chi connectivity index (χ4v) is 2.68. The number of benzene rings is 1. The van der Waals surface area contributed by atoms with Crippen LogP contribution in [0.5, 0.6) is 5.75 Å². The van der Waals surface area contributed by atoms with Crippen molar-refractivity contribution in [1.82, 2.24) is 5.32 Å². The van der Waals surface area contributed by atoms with Crippen LogP contribution in [0.4, 0.5) is 13.2 Å². The van der Waals surface area contributed by atoms with Crippen LogP contribution in [-0.4, -0.2) is 18.9 Å². The minimum absolute atomic E-state index is 0.0774. The fraction of sp³-hybridized carbons (Fsp3) is 0.625. The molecule has 1 aromatic carbocycles. The fourth-order valence-electron chi connectivity index (χ4n) is 2.68. The van der Waals surface area contributed by atoms with Crippen molar-refractivity contribution in [3.8, 4) is 5.75 Å². The van der Waals surface area contributed by atoms with E-state index in [1.807, 2.05) is 0 Å². The van der Waals surface area contributed by atoms with Crippen molar-refractivity contribution in [2.24, 2.45) is 5.41 Å². The van der Waals surface area contributed by atoms with Crippen LogP contribution >= 0.6 is 0 Å². The Morgan fingerprint density at radius 1 is 1.14 bits per heavy atom. The van der Waals surface area contributed by atoms with Gasteiger partial charge in [-0.2, -0.15) is 0 Å². The topological polar surface area (TPSA) is 21.3 Å². The monoisotopic (exact) mass is 303 g/mol. The maximum absolute atomic E-state index is 12.1. The van der Waals surface area contributed by atoms with Crippen molar-refractivity contribution >= 4 is 0 Å². The first kappa shape index (κ1) is 17.8. The van der Waals surface area contributed by atoms with E-state index in [-0.39, 0.29) is 11.2 Å². The second kappa shape index (κ2) is 7.16. The maximum Gasteiger partial charge on any atom is 0.573 e. The molecule has 0 heterocycles. The molecule has 21 heavy (non-hydrogen) atoms. The Balaban J connectivity index is 2.62. The Bertz CT molecular complexity index is 426. The SMILES string of the molecule is CCNC(C)CC(C)(C)Cc1ccc(OC(F)(F)F)cc1. The molecule has 0 aliphatic carbocycles. The van der Waals surface area contributed by atoms with Gasteiger partial charge in [0.05, 0.1) is 0 Å². The van der Waals surface area contributed by atoms with Crippen LogP contribution in [0.25, 0.3) is 0 Å². The first-order chi connectivity index (χ1) is 9.61. The third kappa shape index (κ3) is 7.37. The number of ether oxygens (including phenoxy) is 1. The van der Waals surface area contributed by atoms with E-state index < -0.39 is 6.36 Å². The van der Waals surface area contributed by atoms with E-state index in [4.69, 9.17) is 0 Å². The van der Waals surface area contributed by atoms with Crippen LogP contribution in [0.1, 0.15) is 39.7 Å². The van der Waals surface area contributed by atoms with E-state index in [1.54, 1.807) is 12.1 Å². The molecule has 0 aromatic heterocycles. The zero-order chi connectivity index (χ0) is 16.1. The van der Waals surface area contributed by atoms with Crippen LogP contribution in [-0.2, 0) is 6.42 Å². The quantitative estimate of drug-likeness (QED) is 0.798. The highest BCUT2D eigenvalue weighted by atomic mass is 19.4. The second-order valence-corrected chi connectivity index (χ2v) is 6.20. The van der Waals surface area contributed by atoms with Crippen molar-refractivity contribution in [2.75, 3.05) is 6.54 Å². The number of halogens is 3. The van der Waals surface area contributed by atoms with Crippen LogP contribution < -0.4 is 10.1 Å². The van der Waals surface area contributed by atoms with Crippen molar-refractivity contribution in [3.05, 3.63) is 29.8 Å². The van der Waals surface area contributed by atoms with Crippen molar-refractivity contribution in [3.63, 3.8) is 0 Å². The molecule has 0 fully saturated rings. The highest BCUT2D eigenvalue weighted by molar-refractivity contribution is 5.28. The highest BCUT2D eigenvalue weighted by Gasteiger charge is 2.31. The maximum atomic E-state index is 12.1. The third-order valence-corrected chi connectivity index (χ3v) is 3.25. The molecule has 0 radical (unpaired) electrons. The standard InChI is InChI=1S/C16H24F3NO/c1-5-20-12(2)10-15(3,4)11-13-6-8-14(9-7-13)21-16(17,18)19/h6-9,12,20H,5,10-11H2,1-4H3. The number of hydrogen-bond acceptors (Lipinski definition) is 2. The van der Waals surface area contributed by atoms with Crippen molar-refractivity contribution in [1.29, 1.82) is 0 Å². The summed E-state index contributed by atoms with van der Waals surface area (Å²) >= 11 is 0. The lowest BCUT2D eigenvalue weighted by molar-refractivity contribution is -0.274. The Morgan fingerprint density at radius 2 is 1.71 bits per heavy atom. The molecule has 1 rings (SSSR count). The predicted molar refractivity (Wildman–Crippen MR) is 78.4 cm³/mol. The van der Waals surface area contributed by atoms with Gasteiger partial charge in [-0.05, 0) is 49.4 Å². The average molecular weight is 303 g/mol. The van der Waals surface area contributed by atoms with Crippen LogP contribution in [0.2, 0.25) is 0 Å². The van der Waals surface area contributed by atoms with E-state index in [9.17, 15) is 13.2 Å². The van der Waals surface area contributed by atoms with E-state index in [1.165, 1.54) is 12.1 Å². The molecule has 0 aliphatic heterocycles. The minimum atomic E-state index is -4.64. The lowest BCUT2D eigenvalue weighted by atomic mass is 9.80. The van der Waals surface area contributed by atoms with E-state index in [2.05, 4.69) is 37.7 Å². The molecule has 0 bridgehead atoms. The molecule has 0 saturated heterocycles. The normalized spacial score (nSPS) is 14.0. The van der Waals surface area contributed by atoms with Gasteiger partial charge < -0.3 is 10.1 Å². The molecule has 1 atom stereocenters. The summed E-state index contributed by atoms with van der Waals surface area (Å²) in [6.07, 6.45) is -2.82. The van der Waals surface area contributed by atoms with Gasteiger partial charge in [0.25, 0.3) is 0 Å². The summed E-state index contributed by atoms with van der Waals surface area (Å²) in [6, 6.07) is 6.54. The van der Waals surface area contributed by atoms with Gasteiger partial charge in [0, 0.05) is 6.04 Å². The minimum Gasteiger partial charge on any atom is -0.406 e. The summed E-state index contributed by atoms with van der Waals surface area (Å²) < 4.78 is 40.2. The molecule has 1 aromatic rings. The Labute approximate surface area is 124 Å². The largest absolute Gasteiger partial charge is 0.573 e. The molecule has 1 N–H and O–H groups in total. The summed E-state index contributed by atoms with van der Waals surface area (Å²) in [6.45, 7) is 9.48. The zero-order valence-corrected chi connectivity index (χ0v) is 13.1. The Hall–Kier alpha value is -1.23. The van der Waals surface area contributed by atoms with Gasteiger partial charge in [-0.1, -0.05) is 32.9 Å². The van der Waals surface area contributed by atoms with Gasteiger partial charge in [-0.3, -0.25) is 0 Å². The van der Waals surface area contributed by atoms with E-state index in [0.717, 1.165) is 24.9 Å². The van der Waals surface area contributed by atoms with Crippen LogP contribution in [0, 0.1) is 5.41 Å². The van der Waals surface area contributed by atoms with Gasteiger partial charge in [-0.15, -0.1) is 13.2 Å². The second-order valence-electron chi connectivity index (χ2n) is 6.20. The molecule has 0 amide bonds. The molecule has 5 heteroatoms. The Morgan fingerprint density at radius 3 is 2.19 bits per heavy atom. The molecule has 2 nitrogen and oxygen atoms in total. The number of alkyl halides is 3.